The predicted molar refractivity (Wildman–Crippen MR) is 66.9 cm³/mol. The highest BCUT2D eigenvalue weighted by molar-refractivity contribution is 5.89. The lowest BCUT2D eigenvalue weighted by Gasteiger charge is -2.03. The third-order valence-corrected chi connectivity index (χ3v) is 2.61. The number of aliphatic hydroxyl groups excluding tert-OH is 1. The number of benzene rings is 1. The van der Waals surface area contributed by atoms with E-state index in [-0.39, 0.29) is 12.6 Å². The Morgan fingerprint density at radius 2 is 1.94 bits per heavy atom. The van der Waals surface area contributed by atoms with Crippen molar-refractivity contribution >= 4 is 5.97 Å². The van der Waals surface area contributed by atoms with E-state index in [1.807, 2.05) is 24.3 Å². The summed E-state index contributed by atoms with van der Waals surface area (Å²) in [6.07, 6.45) is 1.63. The van der Waals surface area contributed by atoms with E-state index in [1.165, 1.54) is 7.11 Å². The lowest BCUT2D eigenvalue weighted by atomic mass is 10.1. The Kier molecular flexibility index (Phi) is 3.69. The zero-order chi connectivity index (χ0) is 13.0. The fraction of sp³-hybridized carbons (Fsp3) is 0.143. The van der Waals surface area contributed by atoms with Crippen molar-refractivity contribution < 1.29 is 14.6 Å². The van der Waals surface area contributed by atoms with Crippen LogP contribution in [0.4, 0.5) is 0 Å². The molecular formula is C14H13NO3. The monoisotopic (exact) mass is 243 g/mol. The van der Waals surface area contributed by atoms with Crippen molar-refractivity contribution in [3.63, 3.8) is 0 Å². The lowest BCUT2D eigenvalue weighted by molar-refractivity contribution is 0.0601. The van der Waals surface area contributed by atoms with E-state index in [1.54, 1.807) is 18.3 Å². The Balaban J connectivity index is 2.25. The molecule has 0 aliphatic rings. The molecule has 1 heterocycles. The minimum Gasteiger partial charge on any atom is -0.465 e. The van der Waals surface area contributed by atoms with Crippen LogP contribution in [0.25, 0.3) is 11.3 Å². The summed E-state index contributed by atoms with van der Waals surface area (Å²) in [5.74, 6) is -0.356. The number of carbonyl (C=O) groups excluding carboxylic acids is 1. The van der Waals surface area contributed by atoms with E-state index in [2.05, 4.69) is 9.72 Å². The van der Waals surface area contributed by atoms with Gasteiger partial charge in [-0.1, -0.05) is 18.2 Å². The first-order valence-electron chi connectivity index (χ1n) is 5.49. The number of nitrogens with zero attached hydrogens (tertiary/aromatic N) is 1. The molecule has 0 radical (unpaired) electrons. The van der Waals surface area contributed by atoms with Crippen molar-refractivity contribution in [3.05, 3.63) is 53.7 Å². The molecule has 1 aromatic carbocycles. The molecule has 0 amide bonds. The number of esters is 1. The summed E-state index contributed by atoms with van der Waals surface area (Å²) in [5, 5.41) is 8.93. The zero-order valence-corrected chi connectivity index (χ0v) is 9.96. The van der Waals surface area contributed by atoms with Gasteiger partial charge in [0.25, 0.3) is 0 Å². The van der Waals surface area contributed by atoms with Crippen LogP contribution in [0.5, 0.6) is 0 Å². The fourth-order valence-electron chi connectivity index (χ4n) is 1.58. The number of hydrogen-bond donors (Lipinski definition) is 1. The molecule has 4 nitrogen and oxygen atoms in total. The van der Waals surface area contributed by atoms with Crippen LogP contribution in [0, 0.1) is 0 Å². The summed E-state index contributed by atoms with van der Waals surface area (Å²) in [6, 6.07) is 10.7. The molecule has 0 bridgehead atoms. The van der Waals surface area contributed by atoms with Crippen LogP contribution in [0.3, 0.4) is 0 Å². The number of carbonyl (C=O) groups is 1. The number of methoxy groups -OCH3 is 1. The van der Waals surface area contributed by atoms with Gasteiger partial charge in [-0.25, -0.2) is 4.79 Å². The first-order valence-corrected chi connectivity index (χ1v) is 5.49. The number of ether oxygens (including phenoxy) is 1. The molecule has 1 N–H and O–H groups in total. The van der Waals surface area contributed by atoms with Gasteiger partial charge < -0.3 is 9.84 Å². The number of hydrogen-bond acceptors (Lipinski definition) is 4. The van der Waals surface area contributed by atoms with Crippen molar-refractivity contribution in [3.8, 4) is 11.3 Å². The van der Waals surface area contributed by atoms with Crippen molar-refractivity contribution in [1.82, 2.24) is 4.98 Å². The van der Waals surface area contributed by atoms with Gasteiger partial charge in [-0.3, -0.25) is 4.98 Å². The molecule has 0 aliphatic carbocycles. The maximum atomic E-state index is 11.3. The highest BCUT2D eigenvalue weighted by Crippen LogP contribution is 2.18. The van der Waals surface area contributed by atoms with E-state index in [4.69, 9.17) is 5.11 Å². The molecule has 0 atom stereocenters. The maximum Gasteiger partial charge on any atom is 0.337 e. The molecule has 1 aromatic heterocycles. The quantitative estimate of drug-likeness (QED) is 0.838. The van der Waals surface area contributed by atoms with Gasteiger partial charge in [0.1, 0.15) is 0 Å². The lowest BCUT2D eigenvalue weighted by Crippen LogP contribution is -2.00. The van der Waals surface area contributed by atoms with Crippen LogP contribution in [0.15, 0.2) is 42.6 Å². The minimum atomic E-state index is -0.356. The standard InChI is InChI=1S/C14H13NO3/c1-18-14(17)12-5-3-11(4-6-12)13-7-2-10(9-16)8-15-13/h2-8,16H,9H2,1H3. The zero-order valence-electron chi connectivity index (χ0n) is 9.96. The smallest absolute Gasteiger partial charge is 0.337 e. The van der Waals surface area contributed by atoms with E-state index < -0.39 is 0 Å². The van der Waals surface area contributed by atoms with Crippen LogP contribution < -0.4 is 0 Å². The first-order chi connectivity index (χ1) is 8.74. The van der Waals surface area contributed by atoms with E-state index in [0.717, 1.165) is 16.8 Å². The van der Waals surface area contributed by atoms with Gasteiger partial charge in [-0.15, -0.1) is 0 Å². The summed E-state index contributed by atoms with van der Waals surface area (Å²) in [7, 11) is 1.35. The molecule has 4 heteroatoms. The second-order valence-electron chi connectivity index (χ2n) is 3.78. The van der Waals surface area contributed by atoms with Crippen LogP contribution in [-0.2, 0) is 11.3 Å². The topological polar surface area (TPSA) is 59.4 Å². The summed E-state index contributed by atoms with van der Waals surface area (Å²) in [6.45, 7) is -0.0193. The SMILES string of the molecule is COC(=O)c1ccc(-c2ccc(CO)cn2)cc1. The van der Waals surface area contributed by atoms with Crippen molar-refractivity contribution in [2.45, 2.75) is 6.61 Å². The third-order valence-electron chi connectivity index (χ3n) is 2.61. The van der Waals surface area contributed by atoms with Gasteiger partial charge in [0.05, 0.1) is 25.0 Å². The second kappa shape index (κ2) is 5.42. The number of pyridine rings is 1. The van der Waals surface area contributed by atoms with Crippen LogP contribution >= 0.6 is 0 Å². The van der Waals surface area contributed by atoms with E-state index in [0.29, 0.717) is 5.56 Å². The number of aliphatic hydroxyl groups is 1. The molecule has 18 heavy (non-hydrogen) atoms. The highest BCUT2D eigenvalue weighted by atomic mass is 16.5. The normalized spacial score (nSPS) is 10.1. The molecule has 0 saturated heterocycles. The van der Waals surface area contributed by atoms with Crippen LogP contribution in [0.2, 0.25) is 0 Å². The molecular weight excluding hydrogens is 230 g/mol. The first kappa shape index (κ1) is 12.3. The summed E-state index contributed by atoms with van der Waals surface area (Å²) < 4.78 is 4.63. The molecule has 2 rings (SSSR count). The van der Waals surface area contributed by atoms with Gasteiger partial charge in [0.15, 0.2) is 0 Å². The largest absolute Gasteiger partial charge is 0.465 e. The molecule has 92 valence electrons. The predicted octanol–water partition coefficient (Wildman–Crippen LogP) is 2.03. The fourth-order valence-corrected chi connectivity index (χ4v) is 1.58. The third kappa shape index (κ3) is 2.55. The Morgan fingerprint density at radius 3 is 2.44 bits per heavy atom. The Bertz CT molecular complexity index is 532. The molecule has 0 spiro atoms. The molecule has 0 fully saturated rings. The second-order valence-corrected chi connectivity index (χ2v) is 3.78. The maximum absolute atomic E-state index is 11.3. The van der Waals surface area contributed by atoms with Crippen molar-refractivity contribution in [1.29, 1.82) is 0 Å². The number of aromatic nitrogens is 1. The van der Waals surface area contributed by atoms with Gasteiger partial charge in [0, 0.05) is 11.8 Å². The average molecular weight is 243 g/mol. The van der Waals surface area contributed by atoms with Gasteiger partial charge in [-0.05, 0) is 23.8 Å². The minimum absolute atomic E-state index is 0.0193. The van der Waals surface area contributed by atoms with Gasteiger partial charge in [-0.2, -0.15) is 0 Å². The van der Waals surface area contributed by atoms with E-state index >= 15 is 0 Å². The Hall–Kier alpha value is -2.20. The van der Waals surface area contributed by atoms with Crippen LogP contribution in [0.1, 0.15) is 15.9 Å². The molecule has 2 aromatic rings. The molecule has 0 saturated carbocycles. The number of rotatable bonds is 3. The van der Waals surface area contributed by atoms with Crippen molar-refractivity contribution in [2.24, 2.45) is 0 Å². The van der Waals surface area contributed by atoms with Crippen molar-refractivity contribution in [2.75, 3.05) is 7.11 Å². The van der Waals surface area contributed by atoms with Gasteiger partial charge >= 0.3 is 5.97 Å². The molecule has 0 aliphatic heterocycles. The van der Waals surface area contributed by atoms with Crippen LogP contribution in [-0.4, -0.2) is 23.2 Å². The summed E-state index contributed by atoms with van der Waals surface area (Å²) in [4.78, 5) is 15.5. The highest BCUT2D eigenvalue weighted by Gasteiger charge is 2.05. The van der Waals surface area contributed by atoms with Gasteiger partial charge in [0.2, 0.25) is 0 Å². The summed E-state index contributed by atoms with van der Waals surface area (Å²) >= 11 is 0. The average Bonchev–Trinajstić information content (AvgIpc) is 2.47. The molecule has 0 unspecified atom stereocenters. The van der Waals surface area contributed by atoms with E-state index in [9.17, 15) is 4.79 Å². The Labute approximate surface area is 105 Å². The Morgan fingerprint density at radius 1 is 1.22 bits per heavy atom. The summed E-state index contributed by atoms with van der Waals surface area (Å²) in [5.41, 5.74) is 2.98.